The number of aromatic nitrogens is 1. The lowest BCUT2D eigenvalue weighted by atomic mass is 9.94. The van der Waals surface area contributed by atoms with E-state index in [1.165, 1.54) is 10.9 Å². The van der Waals surface area contributed by atoms with Gasteiger partial charge in [0.05, 0.1) is 0 Å². The van der Waals surface area contributed by atoms with Gasteiger partial charge in [0.25, 0.3) is 0 Å². The molecule has 0 radical (unpaired) electrons. The number of fused-ring (bicyclic) bond motifs is 2. The van der Waals surface area contributed by atoms with Crippen LogP contribution in [0.15, 0.2) is 65.3 Å². The van der Waals surface area contributed by atoms with E-state index in [1.807, 2.05) is 30.6 Å². The van der Waals surface area contributed by atoms with Crippen LogP contribution in [0, 0.1) is 5.92 Å². The third-order valence-corrected chi connectivity index (χ3v) is 5.98. The van der Waals surface area contributed by atoms with Gasteiger partial charge in [-0.1, -0.05) is 37.3 Å². The van der Waals surface area contributed by atoms with Crippen molar-refractivity contribution in [1.82, 2.24) is 9.88 Å². The first-order valence-electron chi connectivity index (χ1n) is 10.0. The highest BCUT2D eigenvalue weighted by Gasteiger charge is 2.23. The van der Waals surface area contributed by atoms with Crippen LogP contribution in [0.2, 0.25) is 0 Å². The van der Waals surface area contributed by atoms with E-state index in [1.54, 1.807) is 0 Å². The first-order chi connectivity index (χ1) is 13.7. The molecule has 1 fully saturated rings. The van der Waals surface area contributed by atoms with Gasteiger partial charge < -0.3 is 10.2 Å². The summed E-state index contributed by atoms with van der Waals surface area (Å²) in [4.78, 5) is 6.95. The van der Waals surface area contributed by atoms with E-state index in [2.05, 4.69) is 47.1 Å². The number of nitrogens with two attached hydrogens (primary N) is 1. The van der Waals surface area contributed by atoms with Crippen LogP contribution in [0.25, 0.3) is 33.1 Å². The average Bonchev–Trinajstić information content (AvgIpc) is 3.14. The van der Waals surface area contributed by atoms with Gasteiger partial charge in [0.15, 0.2) is 0 Å². The van der Waals surface area contributed by atoms with E-state index in [-0.39, 0.29) is 0 Å². The van der Waals surface area contributed by atoms with Crippen molar-refractivity contribution in [3.05, 3.63) is 66.5 Å². The number of para-hydroxylation sites is 1. The molecule has 2 N–H and O–H groups in total. The van der Waals surface area contributed by atoms with Gasteiger partial charge in [-0.2, -0.15) is 0 Å². The molecule has 2 atom stereocenters. The van der Waals surface area contributed by atoms with Crippen LogP contribution >= 0.6 is 0 Å². The molecule has 0 saturated carbocycles. The van der Waals surface area contributed by atoms with Crippen LogP contribution in [0.1, 0.15) is 18.9 Å². The fourth-order valence-corrected chi connectivity index (χ4v) is 4.27. The minimum absolute atomic E-state index is 0.332. The van der Waals surface area contributed by atoms with Crippen LogP contribution in [-0.4, -0.2) is 29.0 Å². The average molecular weight is 371 g/mol. The molecule has 0 aliphatic carbocycles. The minimum atomic E-state index is 0.332. The Morgan fingerprint density at radius 3 is 2.86 bits per heavy atom. The quantitative estimate of drug-likeness (QED) is 0.561. The Kier molecular flexibility index (Phi) is 4.38. The lowest BCUT2D eigenvalue weighted by Crippen LogP contribution is -2.45. The topological polar surface area (TPSA) is 55.3 Å². The van der Waals surface area contributed by atoms with Crippen LogP contribution in [0.4, 0.5) is 0 Å². The molecule has 4 nitrogen and oxygen atoms in total. The molecule has 1 aliphatic rings. The number of hydrogen-bond donors (Lipinski definition) is 1. The Bertz CT molecular complexity index is 1100. The van der Waals surface area contributed by atoms with E-state index in [0.717, 1.165) is 53.7 Å². The minimum Gasteiger partial charge on any atom is -0.456 e. The molecule has 4 heteroatoms. The molecule has 0 spiro atoms. The lowest BCUT2D eigenvalue weighted by molar-refractivity contribution is 0.158. The van der Waals surface area contributed by atoms with E-state index in [0.29, 0.717) is 12.0 Å². The molecular formula is C24H25N3O. The molecule has 0 unspecified atom stereocenters. The molecule has 1 saturated heterocycles. The number of hydrogen-bond acceptors (Lipinski definition) is 4. The second-order valence-electron chi connectivity index (χ2n) is 8.06. The Morgan fingerprint density at radius 1 is 1.11 bits per heavy atom. The molecule has 2 aromatic carbocycles. The standard InChI is InChI=1S/C24H25N3O/c1-16-14-27(9-8-22(16)25)15-17-6-7-19-12-26-13-21(20(19)10-17)24-11-18-4-2-3-5-23(18)28-24/h2-7,10-13,16,22H,8-9,14-15,25H2,1H3/t16-,22-/m1/s1. The van der Waals surface area contributed by atoms with Crippen molar-refractivity contribution < 1.29 is 4.42 Å². The smallest absolute Gasteiger partial charge is 0.137 e. The Labute approximate surface area is 165 Å². The normalized spacial score (nSPS) is 20.8. The highest BCUT2D eigenvalue weighted by Crippen LogP contribution is 2.33. The van der Waals surface area contributed by atoms with Gasteiger partial charge in [-0.25, -0.2) is 0 Å². The number of nitrogens with zero attached hydrogens (tertiary/aromatic N) is 2. The maximum absolute atomic E-state index is 6.18. The molecule has 1 aliphatic heterocycles. The highest BCUT2D eigenvalue weighted by molar-refractivity contribution is 5.97. The summed E-state index contributed by atoms with van der Waals surface area (Å²) in [5.41, 5.74) is 9.45. The van der Waals surface area contributed by atoms with Gasteiger partial charge in [0, 0.05) is 47.9 Å². The van der Waals surface area contributed by atoms with Crippen molar-refractivity contribution in [2.24, 2.45) is 11.7 Å². The molecular weight excluding hydrogens is 346 g/mol. The monoisotopic (exact) mass is 371 g/mol. The summed E-state index contributed by atoms with van der Waals surface area (Å²) in [5, 5.41) is 3.44. The molecule has 28 heavy (non-hydrogen) atoms. The van der Waals surface area contributed by atoms with Crippen molar-refractivity contribution >= 4 is 21.7 Å². The number of likely N-dealkylation sites (tertiary alicyclic amines) is 1. The summed E-state index contributed by atoms with van der Waals surface area (Å²) in [6.45, 7) is 5.33. The van der Waals surface area contributed by atoms with Crippen molar-refractivity contribution in [3.8, 4) is 11.3 Å². The maximum Gasteiger partial charge on any atom is 0.137 e. The van der Waals surface area contributed by atoms with E-state index >= 15 is 0 Å². The molecule has 4 aromatic rings. The second-order valence-corrected chi connectivity index (χ2v) is 8.06. The van der Waals surface area contributed by atoms with Gasteiger partial charge >= 0.3 is 0 Å². The zero-order valence-corrected chi connectivity index (χ0v) is 16.1. The summed E-state index contributed by atoms with van der Waals surface area (Å²) in [6, 6.07) is 17.2. The van der Waals surface area contributed by atoms with Crippen LogP contribution in [0.3, 0.4) is 0 Å². The molecule has 5 rings (SSSR count). The fourth-order valence-electron chi connectivity index (χ4n) is 4.27. The zero-order valence-electron chi connectivity index (χ0n) is 16.1. The lowest BCUT2D eigenvalue weighted by Gasteiger charge is -2.35. The van der Waals surface area contributed by atoms with Gasteiger partial charge in [0.1, 0.15) is 11.3 Å². The van der Waals surface area contributed by atoms with Crippen molar-refractivity contribution in [2.45, 2.75) is 25.9 Å². The fraction of sp³-hybridized carbons (Fsp3) is 0.292. The van der Waals surface area contributed by atoms with Crippen molar-refractivity contribution in [1.29, 1.82) is 0 Å². The molecule has 0 bridgehead atoms. The number of pyridine rings is 1. The summed E-state index contributed by atoms with van der Waals surface area (Å²) in [5.74, 6) is 1.42. The van der Waals surface area contributed by atoms with Gasteiger partial charge in [-0.05, 0) is 48.0 Å². The van der Waals surface area contributed by atoms with Gasteiger partial charge in [-0.15, -0.1) is 0 Å². The van der Waals surface area contributed by atoms with Crippen molar-refractivity contribution in [2.75, 3.05) is 13.1 Å². The largest absolute Gasteiger partial charge is 0.456 e. The van der Waals surface area contributed by atoms with E-state index < -0.39 is 0 Å². The number of furan rings is 1. The first kappa shape index (κ1) is 17.4. The summed E-state index contributed by atoms with van der Waals surface area (Å²) < 4.78 is 6.11. The number of rotatable bonds is 3. The van der Waals surface area contributed by atoms with Gasteiger partial charge in [-0.3, -0.25) is 9.88 Å². The third-order valence-electron chi connectivity index (χ3n) is 5.98. The van der Waals surface area contributed by atoms with E-state index in [4.69, 9.17) is 10.2 Å². The second kappa shape index (κ2) is 7.04. The summed E-state index contributed by atoms with van der Waals surface area (Å²) in [6.07, 6.45) is 4.90. The zero-order chi connectivity index (χ0) is 19.1. The Balaban J connectivity index is 1.51. The number of benzene rings is 2. The molecule has 3 heterocycles. The maximum atomic E-state index is 6.18. The first-order valence-corrected chi connectivity index (χ1v) is 10.0. The molecule has 142 valence electrons. The van der Waals surface area contributed by atoms with Gasteiger partial charge in [0.2, 0.25) is 0 Å². The van der Waals surface area contributed by atoms with Crippen molar-refractivity contribution in [3.63, 3.8) is 0 Å². The Morgan fingerprint density at radius 2 is 2.00 bits per heavy atom. The predicted molar refractivity (Wildman–Crippen MR) is 114 cm³/mol. The van der Waals surface area contributed by atoms with Crippen LogP contribution in [0.5, 0.6) is 0 Å². The molecule has 0 amide bonds. The summed E-state index contributed by atoms with van der Waals surface area (Å²) in [7, 11) is 0. The molecule has 2 aromatic heterocycles. The van der Waals surface area contributed by atoms with Crippen LogP contribution in [-0.2, 0) is 6.54 Å². The van der Waals surface area contributed by atoms with E-state index in [9.17, 15) is 0 Å². The summed E-state index contributed by atoms with van der Waals surface area (Å²) >= 11 is 0. The highest BCUT2D eigenvalue weighted by atomic mass is 16.3. The number of piperidine rings is 1. The third kappa shape index (κ3) is 3.19. The Hall–Kier alpha value is -2.69. The SMILES string of the molecule is C[C@@H]1CN(Cc2ccc3cncc(-c4cc5ccccc5o4)c3c2)CC[C@H]1N. The predicted octanol–water partition coefficient (Wildman–Crippen LogP) is 4.82. The van der Waals surface area contributed by atoms with Crippen LogP contribution < -0.4 is 5.73 Å².